The standard InChI is InChI=1S/C4H10O4S.H2/c1-2-4(5)3-9(6,7)8;/h4-5H,2-3H2,1H3,(H,6,7,8);1H. The molecule has 0 saturated carbocycles. The van der Waals surface area contributed by atoms with E-state index in [0.717, 1.165) is 0 Å². The molecule has 0 aliphatic heterocycles. The van der Waals surface area contributed by atoms with Gasteiger partial charge in [0.2, 0.25) is 0 Å². The highest BCUT2D eigenvalue weighted by molar-refractivity contribution is 7.85. The highest BCUT2D eigenvalue weighted by atomic mass is 32.2. The fourth-order valence-electron chi connectivity index (χ4n) is 0.361. The van der Waals surface area contributed by atoms with Crippen LogP contribution in [0.3, 0.4) is 0 Å². The first kappa shape index (κ1) is 8.87. The first-order chi connectivity index (χ1) is 3.95. The molecule has 5 heteroatoms. The molecule has 9 heavy (non-hydrogen) atoms. The molecular formula is C4H12O4S. The third-order valence-corrected chi connectivity index (χ3v) is 1.68. The predicted molar refractivity (Wildman–Crippen MR) is 34.8 cm³/mol. The van der Waals surface area contributed by atoms with E-state index in [2.05, 4.69) is 0 Å². The van der Waals surface area contributed by atoms with Crippen molar-refractivity contribution in [2.24, 2.45) is 0 Å². The van der Waals surface area contributed by atoms with E-state index < -0.39 is 22.0 Å². The molecule has 0 spiro atoms. The van der Waals surface area contributed by atoms with E-state index in [-0.39, 0.29) is 1.43 Å². The van der Waals surface area contributed by atoms with E-state index in [1.165, 1.54) is 0 Å². The largest absolute Gasteiger partial charge is 0.392 e. The van der Waals surface area contributed by atoms with Crippen molar-refractivity contribution >= 4 is 10.1 Å². The minimum atomic E-state index is -3.99. The minimum Gasteiger partial charge on any atom is -0.392 e. The summed E-state index contributed by atoms with van der Waals surface area (Å²) in [6, 6.07) is 0. The van der Waals surface area contributed by atoms with Gasteiger partial charge in [-0.1, -0.05) is 6.92 Å². The summed E-state index contributed by atoms with van der Waals surface area (Å²) < 4.78 is 28.1. The molecule has 0 aliphatic carbocycles. The van der Waals surface area contributed by atoms with Crippen LogP contribution in [0, 0.1) is 0 Å². The van der Waals surface area contributed by atoms with Crippen LogP contribution in [0.15, 0.2) is 0 Å². The second kappa shape index (κ2) is 3.14. The van der Waals surface area contributed by atoms with Gasteiger partial charge in [-0.2, -0.15) is 8.42 Å². The minimum absolute atomic E-state index is 0. The summed E-state index contributed by atoms with van der Waals surface area (Å²) in [5.41, 5.74) is 0. The molecule has 0 aliphatic rings. The molecule has 0 aromatic carbocycles. The van der Waals surface area contributed by atoms with Crippen LogP contribution in [0.25, 0.3) is 0 Å². The Morgan fingerprint density at radius 1 is 1.67 bits per heavy atom. The van der Waals surface area contributed by atoms with Crippen LogP contribution >= 0.6 is 0 Å². The summed E-state index contributed by atoms with van der Waals surface area (Å²) in [5, 5.41) is 8.65. The number of hydrogen-bond acceptors (Lipinski definition) is 3. The lowest BCUT2D eigenvalue weighted by Crippen LogP contribution is -2.18. The van der Waals surface area contributed by atoms with Gasteiger partial charge in [0.1, 0.15) is 5.75 Å². The Bertz CT molecular complexity index is 164. The summed E-state index contributed by atoms with van der Waals surface area (Å²) in [4.78, 5) is 0. The Morgan fingerprint density at radius 2 is 2.11 bits per heavy atom. The van der Waals surface area contributed by atoms with Gasteiger partial charge in [0, 0.05) is 1.43 Å². The van der Waals surface area contributed by atoms with Crippen molar-refractivity contribution in [3.63, 3.8) is 0 Å². The maximum atomic E-state index is 10.00. The second-order valence-electron chi connectivity index (χ2n) is 1.81. The summed E-state index contributed by atoms with van der Waals surface area (Å²) in [6.45, 7) is 1.63. The molecule has 0 aromatic heterocycles. The van der Waals surface area contributed by atoms with Crippen LogP contribution in [0.4, 0.5) is 0 Å². The van der Waals surface area contributed by atoms with Crippen molar-refractivity contribution < 1.29 is 19.5 Å². The van der Waals surface area contributed by atoms with Crippen molar-refractivity contribution in [1.29, 1.82) is 0 Å². The molecule has 1 atom stereocenters. The van der Waals surface area contributed by atoms with Gasteiger partial charge in [0.15, 0.2) is 0 Å². The molecule has 4 nitrogen and oxygen atoms in total. The van der Waals surface area contributed by atoms with Crippen molar-refractivity contribution in [3.05, 3.63) is 0 Å². The zero-order chi connectivity index (χ0) is 7.49. The molecular weight excluding hydrogens is 144 g/mol. The zero-order valence-electron chi connectivity index (χ0n) is 5.11. The van der Waals surface area contributed by atoms with E-state index in [1.807, 2.05) is 0 Å². The lowest BCUT2D eigenvalue weighted by atomic mass is 10.3. The number of aliphatic hydroxyl groups excluding tert-OH is 1. The molecule has 1 unspecified atom stereocenters. The first-order valence-electron chi connectivity index (χ1n) is 2.59. The summed E-state index contributed by atoms with van der Waals surface area (Å²) in [5.74, 6) is -0.566. The van der Waals surface area contributed by atoms with Crippen LogP contribution in [-0.2, 0) is 10.1 Å². The molecule has 0 heterocycles. The van der Waals surface area contributed by atoms with Crippen molar-refractivity contribution in [2.75, 3.05) is 5.75 Å². The molecule has 0 fully saturated rings. The molecule has 0 saturated heterocycles. The van der Waals surface area contributed by atoms with Gasteiger partial charge in [-0.25, -0.2) is 0 Å². The predicted octanol–water partition coefficient (Wildman–Crippen LogP) is -0.109. The Labute approximate surface area is 55.7 Å². The number of aliphatic hydroxyl groups is 1. The Kier molecular flexibility index (Phi) is 3.10. The first-order valence-corrected chi connectivity index (χ1v) is 4.20. The van der Waals surface area contributed by atoms with Gasteiger partial charge < -0.3 is 5.11 Å². The van der Waals surface area contributed by atoms with Crippen LogP contribution in [0.2, 0.25) is 0 Å². The number of rotatable bonds is 3. The van der Waals surface area contributed by atoms with E-state index >= 15 is 0 Å². The van der Waals surface area contributed by atoms with Crippen LogP contribution in [0.5, 0.6) is 0 Å². The van der Waals surface area contributed by atoms with Gasteiger partial charge in [-0.05, 0) is 6.42 Å². The molecule has 0 amide bonds. The summed E-state index contributed by atoms with van der Waals surface area (Å²) in [7, 11) is -3.99. The van der Waals surface area contributed by atoms with Crippen molar-refractivity contribution in [2.45, 2.75) is 19.4 Å². The van der Waals surface area contributed by atoms with E-state index in [1.54, 1.807) is 6.92 Å². The van der Waals surface area contributed by atoms with Crippen molar-refractivity contribution in [3.8, 4) is 0 Å². The van der Waals surface area contributed by atoms with Crippen molar-refractivity contribution in [1.82, 2.24) is 0 Å². The molecule has 0 radical (unpaired) electrons. The maximum Gasteiger partial charge on any atom is 0.267 e. The smallest absolute Gasteiger partial charge is 0.267 e. The molecule has 58 valence electrons. The van der Waals surface area contributed by atoms with E-state index in [4.69, 9.17) is 9.66 Å². The topological polar surface area (TPSA) is 74.6 Å². The lowest BCUT2D eigenvalue weighted by Gasteiger charge is -2.02. The van der Waals surface area contributed by atoms with Crippen LogP contribution < -0.4 is 0 Å². The van der Waals surface area contributed by atoms with E-state index in [9.17, 15) is 8.42 Å². The second-order valence-corrected chi connectivity index (χ2v) is 3.31. The third kappa shape index (κ3) is 5.75. The Balaban J connectivity index is 0. The average Bonchev–Trinajstić information content (AvgIpc) is 1.62. The quantitative estimate of drug-likeness (QED) is 0.559. The number of hydrogen-bond donors (Lipinski definition) is 2. The SMILES string of the molecule is CCC(O)CS(=O)(=O)O.[HH]. The Morgan fingerprint density at radius 3 is 2.22 bits per heavy atom. The summed E-state index contributed by atoms with van der Waals surface area (Å²) in [6.07, 6.45) is -0.611. The molecule has 0 aromatic rings. The van der Waals surface area contributed by atoms with E-state index in [0.29, 0.717) is 6.42 Å². The highest BCUT2D eigenvalue weighted by Crippen LogP contribution is 1.93. The van der Waals surface area contributed by atoms with Crippen LogP contribution in [0.1, 0.15) is 14.8 Å². The normalized spacial score (nSPS) is 15.4. The van der Waals surface area contributed by atoms with Gasteiger partial charge in [0.05, 0.1) is 6.10 Å². The van der Waals surface area contributed by atoms with Crippen LogP contribution in [-0.4, -0.2) is 29.9 Å². The van der Waals surface area contributed by atoms with Gasteiger partial charge >= 0.3 is 0 Å². The maximum absolute atomic E-state index is 10.00. The van der Waals surface area contributed by atoms with Gasteiger partial charge in [-0.3, -0.25) is 4.55 Å². The molecule has 2 N–H and O–H groups in total. The lowest BCUT2D eigenvalue weighted by molar-refractivity contribution is 0.190. The van der Waals surface area contributed by atoms with Gasteiger partial charge in [0.25, 0.3) is 10.1 Å². The third-order valence-electron chi connectivity index (χ3n) is 0.874. The molecule has 0 bridgehead atoms. The summed E-state index contributed by atoms with van der Waals surface area (Å²) >= 11 is 0. The fraction of sp³-hybridized carbons (Fsp3) is 1.00. The highest BCUT2D eigenvalue weighted by Gasteiger charge is 2.10. The monoisotopic (exact) mass is 156 g/mol. The average molecular weight is 156 g/mol. The zero-order valence-corrected chi connectivity index (χ0v) is 5.93. The van der Waals surface area contributed by atoms with Gasteiger partial charge in [-0.15, -0.1) is 0 Å². The molecule has 0 rings (SSSR count). The fourth-order valence-corrected chi connectivity index (χ4v) is 1.08. The Hall–Kier alpha value is -0.130.